The van der Waals surface area contributed by atoms with Crippen molar-refractivity contribution >= 4 is 11.7 Å². The Kier molecular flexibility index (Phi) is 6.11. The number of anilines is 1. The molecule has 0 radical (unpaired) electrons. The first-order valence-electron chi connectivity index (χ1n) is 11.0. The molecule has 0 saturated carbocycles. The van der Waals surface area contributed by atoms with Crippen LogP contribution in [0.1, 0.15) is 15.9 Å². The summed E-state index contributed by atoms with van der Waals surface area (Å²) in [6, 6.07) is 19.4. The summed E-state index contributed by atoms with van der Waals surface area (Å²) < 4.78 is 18.5. The Hall–Kier alpha value is -4.33. The molecule has 0 amide bonds. The first-order valence-corrected chi connectivity index (χ1v) is 11.0. The number of hydrogen-bond donors (Lipinski definition) is 0. The number of methoxy groups -OCH3 is 1. The molecule has 0 spiro atoms. The van der Waals surface area contributed by atoms with Crippen LogP contribution in [-0.2, 0) is 11.3 Å². The summed E-state index contributed by atoms with van der Waals surface area (Å²) in [5.41, 5.74) is 3.41. The minimum Gasteiger partial charge on any atom is -0.487 e. The number of carbonyl (C=O) groups excluding carboxylic acids is 1. The maximum atomic E-state index is 12.1. The van der Waals surface area contributed by atoms with Crippen LogP contribution >= 0.6 is 0 Å². The quantitative estimate of drug-likeness (QED) is 0.372. The fraction of sp³-hybridized carbons (Fsp3) is 0.192. The Morgan fingerprint density at radius 1 is 1.00 bits per heavy atom. The molecule has 2 aromatic carbocycles. The van der Waals surface area contributed by atoms with Gasteiger partial charge in [-0.3, -0.25) is 0 Å². The number of esters is 1. The van der Waals surface area contributed by atoms with E-state index in [2.05, 4.69) is 14.9 Å². The summed E-state index contributed by atoms with van der Waals surface area (Å²) in [7, 11) is 1.39. The van der Waals surface area contributed by atoms with Gasteiger partial charge < -0.3 is 23.7 Å². The van der Waals surface area contributed by atoms with Crippen molar-refractivity contribution in [3.63, 3.8) is 0 Å². The lowest BCUT2D eigenvalue weighted by Gasteiger charge is -2.40. The highest BCUT2D eigenvalue weighted by Gasteiger charge is 2.29. The fourth-order valence-electron chi connectivity index (χ4n) is 3.79. The van der Waals surface area contributed by atoms with E-state index in [0.29, 0.717) is 18.2 Å². The molecule has 34 heavy (non-hydrogen) atoms. The minimum absolute atomic E-state index is 0.116. The number of hydrogen-bond acceptors (Lipinski definition) is 7. The molecule has 8 nitrogen and oxygen atoms in total. The smallest absolute Gasteiger partial charge is 0.339 e. The Morgan fingerprint density at radius 2 is 1.76 bits per heavy atom. The highest BCUT2D eigenvalue weighted by atomic mass is 16.5. The van der Waals surface area contributed by atoms with Gasteiger partial charge in [-0.1, -0.05) is 24.3 Å². The van der Waals surface area contributed by atoms with Crippen LogP contribution in [0.25, 0.3) is 5.69 Å². The van der Waals surface area contributed by atoms with E-state index in [1.54, 1.807) is 24.5 Å². The lowest BCUT2D eigenvalue weighted by molar-refractivity contribution is 0.0600. The van der Waals surface area contributed by atoms with E-state index < -0.39 is 0 Å². The highest BCUT2D eigenvalue weighted by molar-refractivity contribution is 5.93. The van der Waals surface area contributed by atoms with Crippen molar-refractivity contribution in [2.75, 3.05) is 25.1 Å². The van der Waals surface area contributed by atoms with Gasteiger partial charge in [0.25, 0.3) is 0 Å². The van der Waals surface area contributed by atoms with E-state index in [1.165, 1.54) is 7.11 Å². The second-order valence-corrected chi connectivity index (χ2v) is 7.89. The Balaban J connectivity index is 1.14. The third kappa shape index (κ3) is 4.71. The molecule has 4 aromatic rings. The third-order valence-corrected chi connectivity index (χ3v) is 5.61. The van der Waals surface area contributed by atoms with Crippen LogP contribution in [0.3, 0.4) is 0 Å². The van der Waals surface area contributed by atoms with Crippen molar-refractivity contribution in [3.05, 3.63) is 96.6 Å². The normalized spacial score (nSPS) is 13.3. The second-order valence-electron chi connectivity index (χ2n) is 7.89. The summed E-state index contributed by atoms with van der Waals surface area (Å²) >= 11 is 0. The summed E-state index contributed by atoms with van der Waals surface area (Å²) in [4.78, 5) is 22.4. The van der Waals surface area contributed by atoms with Crippen LogP contribution < -0.4 is 14.4 Å². The van der Waals surface area contributed by atoms with Gasteiger partial charge in [0.2, 0.25) is 0 Å². The second kappa shape index (κ2) is 9.66. The topological polar surface area (TPSA) is 78.7 Å². The SMILES string of the molecule is COC(=O)c1ccccc1-n1ccc(N2CC(Oc3ccc(COc4ncccn4)cc3)C2)c1. The van der Waals surface area contributed by atoms with Crippen molar-refractivity contribution < 1.29 is 19.0 Å². The van der Waals surface area contributed by atoms with Crippen molar-refractivity contribution in [2.45, 2.75) is 12.7 Å². The molecular formula is C26H24N4O4. The molecule has 0 atom stereocenters. The maximum Gasteiger partial charge on any atom is 0.339 e. The van der Waals surface area contributed by atoms with Crippen LogP contribution in [0.5, 0.6) is 11.8 Å². The molecule has 0 bridgehead atoms. The Morgan fingerprint density at radius 3 is 2.53 bits per heavy atom. The fourth-order valence-corrected chi connectivity index (χ4v) is 3.79. The zero-order valence-corrected chi connectivity index (χ0v) is 18.7. The molecule has 0 unspecified atom stereocenters. The Labute approximate surface area is 197 Å². The molecule has 8 heteroatoms. The lowest BCUT2D eigenvalue weighted by Crippen LogP contribution is -2.53. The zero-order valence-electron chi connectivity index (χ0n) is 18.7. The molecule has 5 rings (SSSR count). The van der Waals surface area contributed by atoms with E-state index in [0.717, 1.165) is 35.8 Å². The third-order valence-electron chi connectivity index (χ3n) is 5.61. The molecule has 1 aliphatic heterocycles. The van der Waals surface area contributed by atoms with Crippen LogP contribution in [-0.4, -0.2) is 46.8 Å². The molecule has 1 fully saturated rings. The minimum atomic E-state index is -0.353. The van der Waals surface area contributed by atoms with Crippen LogP contribution in [0.15, 0.2) is 85.5 Å². The molecule has 0 N–H and O–H groups in total. The van der Waals surface area contributed by atoms with Gasteiger partial charge in [-0.05, 0) is 42.0 Å². The lowest BCUT2D eigenvalue weighted by atomic mass is 10.1. The maximum absolute atomic E-state index is 12.1. The van der Waals surface area contributed by atoms with E-state index in [4.69, 9.17) is 14.2 Å². The average Bonchev–Trinajstić information content (AvgIpc) is 3.35. The van der Waals surface area contributed by atoms with Crippen molar-refractivity contribution in [1.82, 2.24) is 14.5 Å². The van der Waals surface area contributed by atoms with Crippen molar-refractivity contribution in [2.24, 2.45) is 0 Å². The Bertz CT molecular complexity index is 1250. The van der Waals surface area contributed by atoms with Gasteiger partial charge in [0, 0.05) is 24.8 Å². The summed E-state index contributed by atoms with van der Waals surface area (Å²) in [5, 5.41) is 0. The largest absolute Gasteiger partial charge is 0.487 e. The van der Waals surface area contributed by atoms with E-state index >= 15 is 0 Å². The predicted molar refractivity (Wildman–Crippen MR) is 127 cm³/mol. The number of ether oxygens (including phenoxy) is 3. The number of aromatic nitrogens is 3. The molecule has 1 saturated heterocycles. The van der Waals surface area contributed by atoms with Gasteiger partial charge in [0.05, 0.1) is 37.1 Å². The highest BCUT2D eigenvalue weighted by Crippen LogP contribution is 2.27. The van der Waals surface area contributed by atoms with Crippen LogP contribution in [0.4, 0.5) is 5.69 Å². The summed E-state index contributed by atoms with van der Waals surface area (Å²) in [6.45, 7) is 1.98. The van der Waals surface area contributed by atoms with Gasteiger partial charge in [-0.2, -0.15) is 0 Å². The van der Waals surface area contributed by atoms with Gasteiger partial charge in [0.15, 0.2) is 0 Å². The molecule has 3 heterocycles. The predicted octanol–water partition coefficient (Wildman–Crippen LogP) is 3.90. The monoisotopic (exact) mass is 456 g/mol. The van der Waals surface area contributed by atoms with Crippen molar-refractivity contribution in [3.8, 4) is 17.4 Å². The molecule has 0 aliphatic carbocycles. The van der Waals surface area contributed by atoms with Crippen LogP contribution in [0.2, 0.25) is 0 Å². The average molecular weight is 457 g/mol. The van der Waals surface area contributed by atoms with Crippen LogP contribution in [0, 0.1) is 0 Å². The van der Waals surface area contributed by atoms with Gasteiger partial charge >= 0.3 is 12.0 Å². The number of nitrogens with zero attached hydrogens (tertiary/aromatic N) is 4. The first kappa shape index (κ1) is 21.5. The number of para-hydroxylation sites is 1. The van der Waals surface area contributed by atoms with E-state index in [9.17, 15) is 4.79 Å². The summed E-state index contributed by atoms with van der Waals surface area (Å²) in [5.74, 6) is 0.475. The number of rotatable bonds is 8. The van der Waals surface area contributed by atoms with Gasteiger partial charge in [-0.15, -0.1) is 0 Å². The number of benzene rings is 2. The van der Waals surface area contributed by atoms with Gasteiger partial charge in [0.1, 0.15) is 18.5 Å². The standard InChI is InChI=1S/C26H24N4O4/c1-32-25(31)23-5-2-3-6-24(23)29-14-11-20(15-29)30-16-22(17-30)34-21-9-7-19(8-10-21)18-33-26-27-12-4-13-28-26/h2-15,22H,16-18H2,1H3. The molecular weight excluding hydrogens is 432 g/mol. The molecule has 1 aliphatic rings. The molecule has 172 valence electrons. The summed E-state index contributed by atoms with van der Waals surface area (Å²) in [6.07, 6.45) is 7.38. The number of carbonyl (C=O) groups is 1. The van der Waals surface area contributed by atoms with Gasteiger partial charge in [-0.25, -0.2) is 14.8 Å². The van der Waals surface area contributed by atoms with E-state index in [1.807, 2.05) is 65.5 Å². The van der Waals surface area contributed by atoms with E-state index in [-0.39, 0.29) is 12.1 Å². The first-order chi connectivity index (χ1) is 16.7. The molecule has 2 aromatic heterocycles. The zero-order chi connectivity index (χ0) is 23.3. The van der Waals surface area contributed by atoms with Crippen molar-refractivity contribution in [1.29, 1.82) is 0 Å².